The van der Waals surface area contributed by atoms with Crippen molar-refractivity contribution in [1.29, 1.82) is 0 Å². The Morgan fingerprint density at radius 3 is 2.67 bits per heavy atom. The fourth-order valence-corrected chi connectivity index (χ4v) is 0.429. The normalized spacial score (nSPS) is 21.3. The second kappa shape index (κ2) is 2.26. The van der Waals surface area contributed by atoms with Gasteiger partial charge in [0.2, 0.25) is 0 Å². The first-order chi connectivity index (χ1) is 3.00. The van der Waals surface area contributed by atoms with E-state index in [1.807, 2.05) is 14.5 Å². The van der Waals surface area contributed by atoms with Gasteiger partial charge in [-0.1, -0.05) is 0 Å². The van der Waals surface area contributed by atoms with Gasteiger partial charge in [0.25, 0.3) is 0 Å². The van der Waals surface area contributed by atoms with Gasteiger partial charge in [0, 0.05) is 6.67 Å². The lowest BCUT2D eigenvalue weighted by atomic mass is 9.46. The quantitative estimate of drug-likeness (QED) is 0.340. The van der Waals surface area contributed by atoms with Crippen LogP contribution in [0.2, 0.25) is 0 Å². The molecule has 0 atom stereocenters. The molecule has 1 fully saturated rings. The highest BCUT2D eigenvalue weighted by molar-refractivity contribution is 6.99. The molecule has 0 aromatic rings. The van der Waals surface area contributed by atoms with Gasteiger partial charge in [0.15, 0.2) is 7.31 Å². The lowest BCUT2D eigenvalue weighted by Gasteiger charge is -2.09. The Morgan fingerprint density at radius 1 is 1.50 bits per heavy atom. The molecule has 0 aliphatic carbocycles. The van der Waals surface area contributed by atoms with Gasteiger partial charge in [-0.25, -0.2) is 0 Å². The van der Waals surface area contributed by atoms with E-state index in [0.717, 1.165) is 13.1 Å². The maximum atomic E-state index is 3.09. The van der Waals surface area contributed by atoms with Crippen LogP contribution in [0.3, 0.4) is 0 Å². The van der Waals surface area contributed by atoms with Crippen molar-refractivity contribution in [2.75, 3.05) is 13.1 Å². The lowest BCUT2D eigenvalue weighted by Crippen LogP contribution is -2.45. The fourth-order valence-electron chi connectivity index (χ4n) is 0.429. The molecule has 2 N–H and O–H groups in total. The molecule has 1 saturated heterocycles. The van der Waals surface area contributed by atoms with Gasteiger partial charge in [0.05, 0.1) is 0 Å². The predicted molar refractivity (Wildman–Crippen MR) is 27.5 cm³/mol. The highest BCUT2D eigenvalue weighted by atomic mass is 15.0. The summed E-state index contributed by atoms with van der Waals surface area (Å²) in [7, 11) is 4.00. The van der Waals surface area contributed by atoms with Crippen LogP contribution in [0, 0.1) is 0 Å². The molecule has 0 aromatic carbocycles. The van der Waals surface area contributed by atoms with Crippen LogP contribution < -0.4 is 10.5 Å². The molecule has 0 unspecified atom stereocenters. The van der Waals surface area contributed by atoms with Crippen molar-refractivity contribution in [3.8, 4) is 0 Å². The Kier molecular flexibility index (Phi) is 1.59. The van der Waals surface area contributed by atoms with Crippen molar-refractivity contribution in [1.82, 2.24) is 10.5 Å². The number of hydrogen-bond acceptors (Lipinski definition) is 2. The van der Waals surface area contributed by atoms with Gasteiger partial charge in [-0.2, -0.15) is 0 Å². The summed E-state index contributed by atoms with van der Waals surface area (Å²) >= 11 is 0. The van der Waals surface area contributed by atoms with Crippen LogP contribution in [0.25, 0.3) is 0 Å². The lowest BCUT2D eigenvalue weighted by molar-refractivity contribution is 0.745. The van der Waals surface area contributed by atoms with Gasteiger partial charge in [-0.3, -0.25) is 0 Å². The van der Waals surface area contributed by atoms with Gasteiger partial charge in [-0.05, 0) is 6.44 Å². The summed E-state index contributed by atoms with van der Waals surface area (Å²) in [4.78, 5) is 0. The van der Waals surface area contributed by atoms with Gasteiger partial charge < -0.3 is 10.5 Å². The number of rotatable bonds is 0. The zero-order valence-electron chi connectivity index (χ0n) is 3.57. The summed E-state index contributed by atoms with van der Waals surface area (Å²) in [5.74, 6) is 0. The summed E-state index contributed by atoms with van der Waals surface area (Å²) in [5, 5.41) is 6.08. The Balaban J connectivity index is 2.00. The molecule has 0 bridgehead atoms. The Morgan fingerprint density at radius 2 is 2.50 bits per heavy atom. The third kappa shape index (κ3) is 1.03. The molecule has 0 spiro atoms. The average molecular weight is 79.7 g/mol. The maximum absolute atomic E-state index is 3.09. The molecule has 0 saturated carbocycles. The monoisotopic (exact) mass is 80.1 g/mol. The molecule has 4 heteroatoms. The van der Waals surface area contributed by atoms with Crippen LogP contribution in [0.5, 0.6) is 0 Å². The summed E-state index contributed by atoms with van der Waals surface area (Å²) < 4.78 is 0. The molecule has 1 heterocycles. The van der Waals surface area contributed by atoms with Gasteiger partial charge in [-0.15, -0.1) is 0 Å². The molecule has 1 aliphatic heterocycles. The highest BCUT2D eigenvalue weighted by Gasteiger charge is 1.96. The van der Waals surface area contributed by atoms with Crippen molar-refractivity contribution in [3.05, 3.63) is 0 Å². The molecular formula is C2H6B2N2. The van der Waals surface area contributed by atoms with Crippen LogP contribution in [0.4, 0.5) is 0 Å². The molecular weight excluding hydrogens is 73.7 g/mol. The van der Waals surface area contributed by atoms with Crippen LogP contribution in [-0.2, 0) is 0 Å². The van der Waals surface area contributed by atoms with E-state index in [1.54, 1.807) is 0 Å². The van der Waals surface area contributed by atoms with Crippen molar-refractivity contribution >= 4 is 14.5 Å². The first-order valence-electron chi connectivity index (χ1n) is 2.09. The predicted octanol–water partition coefficient (Wildman–Crippen LogP) is -1.67. The maximum Gasteiger partial charge on any atom is 0.158 e. The molecule has 0 aromatic heterocycles. The van der Waals surface area contributed by atoms with E-state index < -0.39 is 0 Å². The van der Waals surface area contributed by atoms with Crippen LogP contribution >= 0.6 is 0 Å². The van der Waals surface area contributed by atoms with Crippen molar-refractivity contribution in [2.24, 2.45) is 0 Å². The summed E-state index contributed by atoms with van der Waals surface area (Å²) in [5.41, 5.74) is 0. The molecule has 6 heavy (non-hydrogen) atoms. The standard InChI is InChI=1S/C2H6B2N2/c1-3-4-6-2-5-1/h5-6H,1-2H2. The second-order valence-corrected chi connectivity index (χ2v) is 1.24. The zero-order chi connectivity index (χ0) is 4.24. The Hall–Kier alpha value is 0.0499. The van der Waals surface area contributed by atoms with Crippen LogP contribution in [-0.4, -0.2) is 27.6 Å². The minimum absolute atomic E-state index is 0.913. The molecule has 2 radical (unpaired) electrons. The van der Waals surface area contributed by atoms with Crippen molar-refractivity contribution in [3.63, 3.8) is 0 Å². The summed E-state index contributed by atoms with van der Waals surface area (Å²) in [6.07, 6.45) is 1.01. The molecule has 1 rings (SSSR count). The largest absolute Gasteiger partial charge is 0.357 e. The molecule has 1 aliphatic rings. The molecule has 2 nitrogen and oxygen atoms in total. The number of hydrogen-bond donors (Lipinski definition) is 2. The third-order valence-corrected chi connectivity index (χ3v) is 0.725. The van der Waals surface area contributed by atoms with E-state index in [0.29, 0.717) is 0 Å². The van der Waals surface area contributed by atoms with E-state index in [2.05, 4.69) is 10.5 Å². The third-order valence-electron chi connectivity index (χ3n) is 0.725. The van der Waals surface area contributed by atoms with E-state index in [-0.39, 0.29) is 0 Å². The van der Waals surface area contributed by atoms with Gasteiger partial charge in [0.1, 0.15) is 7.17 Å². The summed E-state index contributed by atoms with van der Waals surface area (Å²) in [6.45, 7) is 0.913. The Labute approximate surface area is 39.2 Å². The van der Waals surface area contributed by atoms with E-state index in [4.69, 9.17) is 0 Å². The van der Waals surface area contributed by atoms with Gasteiger partial charge >= 0.3 is 0 Å². The summed E-state index contributed by atoms with van der Waals surface area (Å²) in [6, 6.07) is 0. The fraction of sp³-hybridized carbons (Fsp3) is 1.00. The molecule has 0 amide bonds. The minimum Gasteiger partial charge on any atom is -0.357 e. The highest BCUT2D eigenvalue weighted by Crippen LogP contribution is 1.59. The van der Waals surface area contributed by atoms with E-state index in [1.165, 1.54) is 0 Å². The zero-order valence-corrected chi connectivity index (χ0v) is 3.57. The van der Waals surface area contributed by atoms with Crippen molar-refractivity contribution < 1.29 is 0 Å². The smallest absolute Gasteiger partial charge is 0.158 e. The Bertz CT molecular complexity index is 25.0. The topological polar surface area (TPSA) is 24.1 Å². The second-order valence-electron chi connectivity index (χ2n) is 1.24. The molecule has 30 valence electrons. The van der Waals surface area contributed by atoms with E-state index in [9.17, 15) is 0 Å². The van der Waals surface area contributed by atoms with E-state index >= 15 is 0 Å². The minimum atomic E-state index is 0.913. The first-order valence-corrected chi connectivity index (χ1v) is 2.09. The first kappa shape index (κ1) is 4.22. The van der Waals surface area contributed by atoms with Crippen LogP contribution in [0.15, 0.2) is 0 Å². The SMILES string of the molecule is [B]1[B]NCNC1. The van der Waals surface area contributed by atoms with Crippen LogP contribution in [0.1, 0.15) is 0 Å². The average Bonchev–Trinajstić information content (AvgIpc) is 1.72. The van der Waals surface area contributed by atoms with Crippen molar-refractivity contribution in [2.45, 2.75) is 0 Å². The number of nitrogens with one attached hydrogen (secondary N) is 2.